The Bertz CT molecular complexity index is 660. The van der Waals surface area contributed by atoms with E-state index < -0.39 is 5.97 Å². The minimum absolute atomic E-state index is 0.394. The smallest absolute Gasteiger partial charge is 0.341 e. The zero-order chi connectivity index (χ0) is 20.9. The molecule has 1 heterocycles. The third kappa shape index (κ3) is 7.91. The third-order valence-corrected chi connectivity index (χ3v) is 4.57. The van der Waals surface area contributed by atoms with E-state index >= 15 is 0 Å². The molecule has 1 saturated heterocycles. The summed E-state index contributed by atoms with van der Waals surface area (Å²) in [5.41, 5.74) is 1.29. The van der Waals surface area contributed by atoms with Gasteiger partial charge in [-0.25, -0.2) is 9.79 Å². The molecule has 8 heteroatoms. The number of nitrogens with zero attached hydrogens (tertiary/aromatic N) is 1. The lowest BCUT2D eigenvalue weighted by atomic mass is 10.1. The van der Waals surface area contributed by atoms with Gasteiger partial charge in [-0.05, 0) is 37.5 Å². The van der Waals surface area contributed by atoms with Gasteiger partial charge in [0.25, 0.3) is 0 Å². The van der Waals surface area contributed by atoms with Crippen LogP contribution in [0.3, 0.4) is 0 Å². The molecule has 2 N–H and O–H groups in total. The van der Waals surface area contributed by atoms with Crippen LogP contribution in [0.15, 0.2) is 23.2 Å². The van der Waals surface area contributed by atoms with E-state index in [9.17, 15) is 4.79 Å². The lowest BCUT2D eigenvalue weighted by Gasteiger charge is -2.13. The number of esters is 1. The van der Waals surface area contributed by atoms with Crippen molar-refractivity contribution in [1.82, 2.24) is 10.6 Å². The van der Waals surface area contributed by atoms with E-state index in [1.807, 2.05) is 13.0 Å². The zero-order valence-corrected chi connectivity index (χ0v) is 17.7. The normalized spacial score (nSPS) is 16.5. The highest BCUT2D eigenvalue weighted by Crippen LogP contribution is 2.21. The Balaban J connectivity index is 1.80. The summed E-state index contributed by atoms with van der Waals surface area (Å²) in [7, 11) is 2.88. The summed E-state index contributed by atoms with van der Waals surface area (Å²) in [5, 5.41) is 6.53. The van der Waals surface area contributed by atoms with E-state index in [0.29, 0.717) is 30.4 Å². The number of hydrogen-bond acceptors (Lipinski definition) is 6. The molecule has 0 amide bonds. The number of hydrogen-bond donors (Lipinski definition) is 2. The van der Waals surface area contributed by atoms with Crippen molar-refractivity contribution in [3.63, 3.8) is 0 Å². The molecule has 0 spiro atoms. The molecule has 0 aliphatic carbocycles. The first-order valence-corrected chi connectivity index (χ1v) is 10.1. The Hall–Kier alpha value is -2.32. The number of benzene rings is 1. The lowest BCUT2D eigenvalue weighted by molar-refractivity contribution is 0.0597. The molecule has 0 bridgehead atoms. The first kappa shape index (κ1) is 23.0. The van der Waals surface area contributed by atoms with Crippen LogP contribution in [0.2, 0.25) is 0 Å². The molecule has 0 saturated carbocycles. The van der Waals surface area contributed by atoms with Gasteiger partial charge in [0.2, 0.25) is 0 Å². The summed E-state index contributed by atoms with van der Waals surface area (Å²) in [6.07, 6.45) is 1.99. The van der Waals surface area contributed by atoms with Gasteiger partial charge in [0.05, 0.1) is 34.0 Å². The van der Waals surface area contributed by atoms with Crippen molar-refractivity contribution in [3.8, 4) is 5.75 Å². The number of rotatable bonds is 11. The van der Waals surface area contributed by atoms with Crippen molar-refractivity contribution < 1.29 is 23.7 Å². The van der Waals surface area contributed by atoms with Gasteiger partial charge in [-0.15, -0.1) is 0 Å². The van der Waals surface area contributed by atoms with Crippen LogP contribution < -0.4 is 15.4 Å². The minimum Gasteiger partial charge on any atom is -0.496 e. The van der Waals surface area contributed by atoms with E-state index in [4.69, 9.17) is 18.9 Å². The van der Waals surface area contributed by atoms with Gasteiger partial charge in [0.15, 0.2) is 5.96 Å². The quantitative estimate of drug-likeness (QED) is 0.251. The molecule has 1 atom stereocenters. The second kappa shape index (κ2) is 13.0. The summed E-state index contributed by atoms with van der Waals surface area (Å²) < 4.78 is 21.1. The topological polar surface area (TPSA) is 90.4 Å². The summed E-state index contributed by atoms with van der Waals surface area (Å²) in [5.74, 6) is 1.33. The van der Waals surface area contributed by atoms with Gasteiger partial charge in [-0.3, -0.25) is 0 Å². The van der Waals surface area contributed by atoms with Gasteiger partial charge < -0.3 is 29.6 Å². The van der Waals surface area contributed by atoms with Crippen molar-refractivity contribution >= 4 is 11.9 Å². The first-order chi connectivity index (χ1) is 14.2. The third-order valence-electron chi connectivity index (χ3n) is 4.57. The molecular formula is C21H33N3O5. The maximum absolute atomic E-state index is 11.9. The Morgan fingerprint density at radius 1 is 1.31 bits per heavy atom. The molecule has 1 aromatic rings. The average molecular weight is 408 g/mol. The molecule has 162 valence electrons. The van der Waals surface area contributed by atoms with Crippen LogP contribution >= 0.6 is 0 Å². The van der Waals surface area contributed by atoms with Crippen molar-refractivity contribution in [1.29, 1.82) is 0 Å². The number of nitrogens with one attached hydrogen (secondary N) is 2. The molecule has 1 fully saturated rings. The highest BCUT2D eigenvalue weighted by molar-refractivity contribution is 5.92. The van der Waals surface area contributed by atoms with Crippen LogP contribution in [0.5, 0.6) is 5.75 Å². The van der Waals surface area contributed by atoms with Crippen LogP contribution in [0.1, 0.15) is 35.7 Å². The van der Waals surface area contributed by atoms with Crippen molar-refractivity contribution in [2.24, 2.45) is 10.9 Å². The fourth-order valence-corrected chi connectivity index (χ4v) is 2.98. The Kier molecular flexibility index (Phi) is 10.3. The Labute approximate surface area is 173 Å². The second-order valence-electron chi connectivity index (χ2n) is 6.81. The predicted molar refractivity (Wildman–Crippen MR) is 112 cm³/mol. The maximum atomic E-state index is 11.9. The standard InChI is InChI=1S/C21H33N3O5/c1-4-22-21(23-9-5-10-28-14-17-8-11-29-15-17)24-13-16-6-7-19(26-2)18(12-16)20(25)27-3/h6-7,12,17H,4-5,8-11,13-15H2,1-3H3,(H2,22,23,24). The number of carbonyl (C=O) groups is 1. The van der Waals surface area contributed by atoms with Gasteiger partial charge in [-0.1, -0.05) is 6.07 Å². The van der Waals surface area contributed by atoms with E-state index in [1.54, 1.807) is 12.1 Å². The number of methoxy groups -OCH3 is 2. The fraction of sp³-hybridized carbons (Fsp3) is 0.619. The van der Waals surface area contributed by atoms with Crippen LogP contribution in [0.25, 0.3) is 0 Å². The number of guanidine groups is 1. The van der Waals surface area contributed by atoms with E-state index in [1.165, 1.54) is 14.2 Å². The van der Waals surface area contributed by atoms with Crippen LogP contribution in [0, 0.1) is 5.92 Å². The van der Waals surface area contributed by atoms with E-state index in [-0.39, 0.29) is 0 Å². The summed E-state index contributed by atoms with van der Waals surface area (Å²) >= 11 is 0. The molecular weight excluding hydrogens is 374 g/mol. The summed E-state index contributed by atoms with van der Waals surface area (Å²) in [6.45, 7) is 7.14. The molecule has 0 aromatic heterocycles. The summed E-state index contributed by atoms with van der Waals surface area (Å²) in [4.78, 5) is 16.5. The molecule has 29 heavy (non-hydrogen) atoms. The van der Waals surface area contributed by atoms with Crippen molar-refractivity contribution in [2.45, 2.75) is 26.3 Å². The average Bonchev–Trinajstić information content (AvgIpc) is 3.27. The molecule has 1 aromatic carbocycles. The Morgan fingerprint density at radius 3 is 2.86 bits per heavy atom. The van der Waals surface area contributed by atoms with Crippen molar-refractivity contribution in [3.05, 3.63) is 29.3 Å². The largest absolute Gasteiger partial charge is 0.496 e. The summed E-state index contributed by atoms with van der Waals surface area (Å²) in [6, 6.07) is 5.39. The monoisotopic (exact) mass is 407 g/mol. The number of ether oxygens (including phenoxy) is 4. The Morgan fingerprint density at radius 2 is 2.17 bits per heavy atom. The van der Waals surface area contributed by atoms with Crippen LogP contribution in [0.4, 0.5) is 0 Å². The van der Waals surface area contributed by atoms with E-state index in [0.717, 1.165) is 57.3 Å². The van der Waals surface area contributed by atoms with Crippen LogP contribution in [-0.2, 0) is 20.8 Å². The van der Waals surface area contributed by atoms with Crippen molar-refractivity contribution in [2.75, 3.05) is 53.7 Å². The highest BCUT2D eigenvalue weighted by atomic mass is 16.5. The molecule has 8 nitrogen and oxygen atoms in total. The fourth-order valence-electron chi connectivity index (χ4n) is 2.98. The van der Waals surface area contributed by atoms with Gasteiger partial charge in [-0.2, -0.15) is 0 Å². The maximum Gasteiger partial charge on any atom is 0.341 e. The first-order valence-electron chi connectivity index (χ1n) is 10.1. The molecule has 0 radical (unpaired) electrons. The van der Waals surface area contributed by atoms with Gasteiger partial charge in [0, 0.05) is 32.2 Å². The molecule has 2 rings (SSSR count). The molecule has 1 aliphatic heterocycles. The number of carbonyl (C=O) groups excluding carboxylic acids is 1. The van der Waals surface area contributed by atoms with E-state index in [2.05, 4.69) is 15.6 Å². The minimum atomic E-state index is -0.429. The van der Waals surface area contributed by atoms with Gasteiger partial charge in [0.1, 0.15) is 11.3 Å². The number of aliphatic imine (C=N–C) groups is 1. The van der Waals surface area contributed by atoms with Gasteiger partial charge >= 0.3 is 5.97 Å². The highest BCUT2D eigenvalue weighted by Gasteiger charge is 2.15. The SMILES string of the molecule is CCNC(=NCc1ccc(OC)c(C(=O)OC)c1)NCCCOCC1CCOC1. The second-order valence-corrected chi connectivity index (χ2v) is 6.81. The lowest BCUT2D eigenvalue weighted by Crippen LogP contribution is -2.38. The van der Waals surface area contributed by atoms with Crippen LogP contribution in [-0.4, -0.2) is 65.7 Å². The predicted octanol–water partition coefficient (Wildman–Crippen LogP) is 1.98. The zero-order valence-electron chi connectivity index (χ0n) is 17.7. The molecule has 1 unspecified atom stereocenters. The molecule has 1 aliphatic rings.